The molecule has 0 radical (unpaired) electrons. The number of aromatic nitrogens is 2. The number of fused-ring (bicyclic) bond motifs is 4. The average Bonchev–Trinajstić information content (AvgIpc) is 4.20. The zero-order valence-electron chi connectivity index (χ0n) is 40.1. The predicted molar refractivity (Wildman–Crippen MR) is 287 cm³/mol. The first-order valence-corrected chi connectivity index (χ1v) is 25.4. The van der Waals surface area contributed by atoms with E-state index in [0.29, 0.717) is 40.3 Å². The Balaban J connectivity index is 0.000000145. The highest BCUT2D eigenvalue weighted by atomic mass is 79.9. The second kappa shape index (κ2) is 21.9. The lowest BCUT2D eigenvalue weighted by molar-refractivity contribution is 0.0570. The lowest BCUT2D eigenvalue weighted by atomic mass is 9.80. The molecule has 4 heterocycles. The van der Waals surface area contributed by atoms with Crippen LogP contribution < -0.4 is 16.1 Å². The number of nitrogens with one attached hydrogen (secondary N) is 2. The van der Waals surface area contributed by atoms with E-state index in [2.05, 4.69) is 72.9 Å². The third kappa shape index (κ3) is 10.6. The van der Waals surface area contributed by atoms with E-state index in [1.54, 1.807) is 48.5 Å². The number of hydrogen-bond acceptors (Lipinski definition) is 12. The lowest BCUT2D eigenvalue weighted by Gasteiger charge is -2.22. The molecule has 4 atom stereocenters. The molecule has 0 saturated heterocycles. The summed E-state index contributed by atoms with van der Waals surface area (Å²) in [6.07, 6.45) is 12.5. The molecule has 6 aromatic carbocycles. The van der Waals surface area contributed by atoms with Gasteiger partial charge in [-0.15, -0.1) is 0 Å². The summed E-state index contributed by atoms with van der Waals surface area (Å²) in [4.78, 5) is 62.6. The Hall–Kier alpha value is -7.60. The van der Waals surface area contributed by atoms with Crippen LogP contribution in [0, 0.1) is 0 Å². The average molecular weight is 1050 g/mol. The molecule has 14 nitrogen and oxygen atoms in total. The van der Waals surface area contributed by atoms with Crippen LogP contribution in [0.3, 0.4) is 0 Å². The molecule has 8 aromatic rings. The zero-order valence-corrected chi connectivity index (χ0v) is 41.7. The van der Waals surface area contributed by atoms with Gasteiger partial charge >= 0.3 is 7.12 Å². The van der Waals surface area contributed by atoms with Crippen LogP contribution in [0.1, 0.15) is 91.1 Å². The van der Waals surface area contributed by atoms with Crippen molar-refractivity contribution in [1.82, 2.24) is 30.4 Å². The van der Waals surface area contributed by atoms with Crippen molar-refractivity contribution in [2.45, 2.75) is 75.8 Å². The van der Waals surface area contributed by atoms with Gasteiger partial charge in [0, 0.05) is 82.9 Å². The first kappa shape index (κ1) is 50.0. The maximum absolute atomic E-state index is 12.8. The molecule has 74 heavy (non-hydrogen) atoms. The molecular formula is C58H52BBrN6O8. The smallest absolute Gasteiger partial charge is 0.488 e. The summed E-state index contributed by atoms with van der Waals surface area (Å²) < 4.78 is 0.989. The minimum atomic E-state index is -1.46. The molecule has 0 bridgehead atoms. The highest BCUT2D eigenvalue weighted by molar-refractivity contribution is 9.10. The molecule has 16 heteroatoms. The summed E-state index contributed by atoms with van der Waals surface area (Å²) in [7, 11) is -1.46. The van der Waals surface area contributed by atoms with Gasteiger partial charge in [0.2, 0.25) is 0 Å². The second-order valence-corrected chi connectivity index (χ2v) is 19.9. The van der Waals surface area contributed by atoms with E-state index < -0.39 is 7.12 Å². The third-order valence-corrected chi connectivity index (χ3v) is 15.0. The van der Waals surface area contributed by atoms with Gasteiger partial charge < -0.3 is 30.9 Å². The SMILES string of the molecule is O=C1c2ccccc2C(=O)N1C1CCC(NCc2ccc3cncc(-c4ccc(O)cc4)c3c2)C1.O=C1c2ccccc2C(=O)N1C1CCC(NCc2ccc3cncc(Br)c3c2)C1.OB(O)c1ccc(O)cc1. The molecule has 4 aliphatic rings. The second-order valence-electron chi connectivity index (χ2n) is 19.1. The van der Waals surface area contributed by atoms with E-state index in [1.807, 2.05) is 49.1 Å². The zero-order chi connectivity index (χ0) is 51.5. The Kier molecular flexibility index (Phi) is 14.8. The fourth-order valence-electron chi connectivity index (χ4n) is 10.5. The number of rotatable bonds is 10. The number of benzene rings is 6. The van der Waals surface area contributed by atoms with Crippen molar-refractivity contribution in [2.24, 2.45) is 0 Å². The quantitative estimate of drug-likeness (QED) is 0.0566. The Bertz CT molecular complexity index is 3350. The van der Waals surface area contributed by atoms with Crippen LogP contribution in [-0.2, 0) is 13.1 Å². The van der Waals surface area contributed by atoms with E-state index in [1.165, 1.54) is 39.6 Å². The van der Waals surface area contributed by atoms with Crippen molar-refractivity contribution in [3.63, 3.8) is 0 Å². The van der Waals surface area contributed by atoms with Crippen LogP contribution in [0.2, 0.25) is 0 Å². The maximum atomic E-state index is 12.8. The maximum Gasteiger partial charge on any atom is 0.488 e. The number of phenols is 2. The van der Waals surface area contributed by atoms with E-state index >= 15 is 0 Å². The topological polar surface area (TPSA) is 206 Å². The molecule has 4 amide bonds. The summed E-state index contributed by atoms with van der Waals surface area (Å²) in [5, 5.41) is 47.3. The summed E-state index contributed by atoms with van der Waals surface area (Å²) in [6, 6.07) is 40.2. The van der Waals surface area contributed by atoms with Crippen molar-refractivity contribution in [1.29, 1.82) is 0 Å². The van der Waals surface area contributed by atoms with Gasteiger partial charge in [0.1, 0.15) is 11.5 Å². The first-order chi connectivity index (χ1) is 35.9. The fourth-order valence-corrected chi connectivity index (χ4v) is 10.9. The molecule has 6 N–H and O–H groups in total. The summed E-state index contributed by atoms with van der Waals surface area (Å²) in [6.45, 7) is 1.46. The van der Waals surface area contributed by atoms with E-state index in [0.717, 1.165) is 87.8 Å². The number of amides is 4. The van der Waals surface area contributed by atoms with Crippen molar-refractivity contribution in [3.8, 4) is 22.6 Å². The van der Waals surface area contributed by atoms with Gasteiger partial charge in [-0.1, -0.05) is 72.8 Å². The normalized spacial score (nSPS) is 18.8. The number of aromatic hydroxyl groups is 2. The van der Waals surface area contributed by atoms with Gasteiger partial charge in [-0.2, -0.15) is 0 Å². The first-order valence-electron chi connectivity index (χ1n) is 24.6. The summed E-state index contributed by atoms with van der Waals surface area (Å²) in [5.74, 6) is -0.275. The molecule has 4 unspecified atom stereocenters. The van der Waals surface area contributed by atoms with Crippen molar-refractivity contribution in [2.75, 3.05) is 0 Å². The lowest BCUT2D eigenvalue weighted by Crippen LogP contribution is -2.39. The van der Waals surface area contributed by atoms with E-state index in [4.69, 9.17) is 15.2 Å². The van der Waals surface area contributed by atoms with E-state index in [-0.39, 0.29) is 53.3 Å². The molecule has 2 aliphatic carbocycles. The monoisotopic (exact) mass is 1050 g/mol. The predicted octanol–water partition coefficient (Wildman–Crippen LogP) is 8.29. The number of phenolic OH excluding ortho intramolecular Hbond substituents is 2. The van der Waals surface area contributed by atoms with Gasteiger partial charge in [-0.05, 0) is 148 Å². The molecule has 2 aromatic heterocycles. The van der Waals surface area contributed by atoms with Crippen LogP contribution in [-0.4, -0.2) is 94.9 Å². The van der Waals surface area contributed by atoms with E-state index in [9.17, 15) is 24.3 Å². The van der Waals surface area contributed by atoms with Crippen LogP contribution in [0.15, 0.2) is 163 Å². The fraction of sp³-hybridized carbons (Fsp3) is 0.207. The molecule has 12 rings (SSSR count). The van der Waals surface area contributed by atoms with Crippen LogP contribution >= 0.6 is 15.9 Å². The van der Waals surface area contributed by atoms with Crippen LogP contribution in [0.4, 0.5) is 0 Å². The van der Waals surface area contributed by atoms with Gasteiger partial charge in [-0.25, -0.2) is 0 Å². The Morgan fingerprint density at radius 2 is 0.946 bits per heavy atom. The highest BCUT2D eigenvalue weighted by Crippen LogP contribution is 2.35. The molecule has 2 aliphatic heterocycles. The Morgan fingerprint density at radius 1 is 0.514 bits per heavy atom. The summed E-state index contributed by atoms with van der Waals surface area (Å²) in [5.41, 5.74) is 6.86. The standard InChI is InChI=1S/C29H25N3O3.C23H20BrN3O2.C6H7BO3/c33-23-11-7-19(8-12-23)27-17-30-16-20-6-5-18(13-26(20)27)15-31-21-9-10-22(14-21)32-28(34)24-3-1-2-4-25(24)29(32)35;24-21-13-25-12-15-6-5-14(9-20(15)21)11-26-16-7-8-17(10-16)27-22(28)18-3-1-2-4-19(18)23(27)29;8-6-3-1-5(2-4-6)7(9)10/h1-8,11-13,16-17,21-22,31,33H,9-10,14-15H2;1-6,9,12-13,16-17,26H,7-8,10-11H2;1-4,8-10H. The largest absolute Gasteiger partial charge is 0.508 e. The molecule has 2 saturated carbocycles. The van der Waals surface area contributed by atoms with Crippen molar-refractivity contribution < 1.29 is 39.4 Å². The van der Waals surface area contributed by atoms with Crippen molar-refractivity contribution in [3.05, 3.63) is 196 Å². The molecular weight excluding hydrogens is 999 g/mol. The third-order valence-electron chi connectivity index (χ3n) is 14.4. The summed E-state index contributed by atoms with van der Waals surface area (Å²) >= 11 is 3.57. The number of imide groups is 2. The Labute approximate surface area is 436 Å². The number of halogens is 1. The van der Waals surface area contributed by atoms with Crippen molar-refractivity contribution >= 4 is 73.7 Å². The number of carbonyl (C=O) groups excluding carboxylic acids is 4. The van der Waals surface area contributed by atoms with Crippen LogP contribution in [0.5, 0.6) is 11.5 Å². The minimum Gasteiger partial charge on any atom is -0.508 e. The van der Waals surface area contributed by atoms with Gasteiger partial charge in [0.25, 0.3) is 23.6 Å². The van der Waals surface area contributed by atoms with Crippen LogP contribution in [0.25, 0.3) is 32.7 Å². The molecule has 0 spiro atoms. The number of nitrogens with zero attached hydrogens (tertiary/aromatic N) is 4. The molecule has 2 fully saturated rings. The highest BCUT2D eigenvalue weighted by Gasteiger charge is 2.43. The van der Waals surface area contributed by atoms with Gasteiger partial charge in [0.05, 0.1) is 22.3 Å². The number of carbonyl (C=O) groups is 4. The Morgan fingerprint density at radius 3 is 1.42 bits per heavy atom. The minimum absolute atomic E-state index is 0.0308. The molecule has 372 valence electrons. The van der Waals surface area contributed by atoms with Gasteiger partial charge in [0.15, 0.2) is 0 Å². The van der Waals surface area contributed by atoms with Gasteiger partial charge in [-0.3, -0.25) is 38.9 Å². The number of hydrogen-bond donors (Lipinski definition) is 6. The number of pyridine rings is 2.